The molecule has 0 unspecified atom stereocenters. The molecule has 0 aliphatic heterocycles. The molecule has 0 aromatic rings. The predicted molar refractivity (Wildman–Crippen MR) is 54.9 cm³/mol. The maximum absolute atomic E-state index is 10.3. The Morgan fingerprint density at radius 1 is 0.950 bits per heavy atom. The van der Waals surface area contributed by atoms with Gasteiger partial charge in [0.15, 0.2) is 5.60 Å². The van der Waals surface area contributed by atoms with Crippen molar-refractivity contribution in [2.75, 3.05) is 0 Å². The van der Waals surface area contributed by atoms with Crippen LogP contribution < -0.4 is 0 Å². The molecule has 0 aromatic heterocycles. The van der Waals surface area contributed by atoms with Gasteiger partial charge in [-0.3, -0.25) is 14.1 Å². The summed E-state index contributed by atoms with van der Waals surface area (Å²) in [6.07, 6.45) is -4.02. The molecule has 114 valence electrons. The molecule has 0 radical (unpaired) electrons. The monoisotopic (exact) mass is 314 g/mol. The number of rotatable bonds is 6. The van der Waals surface area contributed by atoms with Crippen molar-refractivity contribution in [3.63, 3.8) is 0 Å². The summed E-state index contributed by atoms with van der Waals surface area (Å²) in [5, 5.41) is 41.3. The van der Waals surface area contributed by atoms with Crippen LogP contribution in [-0.4, -0.2) is 69.2 Å². The van der Waals surface area contributed by atoms with Crippen LogP contribution in [0.2, 0.25) is 0 Å². The summed E-state index contributed by atoms with van der Waals surface area (Å²) < 4.78 is 12.7. The summed E-state index contributed by atoms with van der Waals surface area (Å²) in [5.74, 6) is -5.02. The van der Waals surface area contributed by atoms with Crippen molar-refractivity contribution in [1.29, 1.82) is 0 Å². The minimum absolute atomic E-state index is 1.14. The third kappa shape index (κ3) is 10.6. The van der Waals surface area contributed by atoms with Crippen LogP contribution in [0.15, 0.2) is 0 Å². The van der Waals surface area contributed by atoms with Gasteiger partial charge in [0.2, 0.25) is 0 Å². The second-order valence-electron chi connectivity index (χ2n) is 3.11. The Morgan fingerprint density at radius 3 is 1.40 bits per heavy atom. The second kappa shape index (κ2) is 8.54. The van der Waals surface area contributed by atoms with Crippen LogP contribution >= 0.6 is 0 Å². The lowest BCUT2D eigenvalue weighted by atomic mass is 9.96. The summed E-state index contributed by atoms with van der Waals surface area (Å²) >= 11 is 0. The SMILES string of the molecule is O=C(O)CC(O)(CC(=O)O)C(=O)O.O=C(O)O[Si](=O)O. The van der Waals surface area contributed by atoms with Gasteiger partial charge < -0.3 is 34.8 Å². The molecule has 0 heterocycles. The van der Waals surface area contributed by atoms with Crippen LogP contribution in [0.1, 0.15) is 12.8 Å². The molecule has 20 heavy (non-hydrogen) atoms. The van der Waals surface area contributed by atoms with Crippen LogP contribution in [0.3, 0.4) is 0 Å². The van der Waals surface area contributed by atoms with Crippen LogP contribution in [0.4, 0.5) is 4.79 Å². The van der Waals surface area contributed by atoms with Gasteiger partial charge >= 0.3 is 33.2 Å². The molecule has 0 spiro atoms. The molecule has 0 aliphatic rings. The number of hydrogen-bond donors (Lipinski definition) is 6. The molecule has 0 rings (SSSR count). The number of hydrogen-bond acceptors (Lipinski definition) is 7. The van der Waals surface area contributed by atoms with E-state index >= 15 is 0 Å². The average molecular weight is 314 g/mol. The van der Waals surface area contributed by atoms with Gasteiger partial charge in [-0.2, -0.15) is 0 Å². The highest BCUT2D eigenvalue weighted by molar-refractivity contribution is 6.27. The molecule has 0 bridgehead atoms. The highest BCUT2D eigenvalue weighted by Crippen LogP contribution is 2.15. The number of aliphatic carboxylic acids is 3. The zero-order chi connectivity index (χ0) is 16.5. The first-order chi connectivity index (χ1) is 8.90. The lowest BCUT2D eigenvalue weighted by Crippen LogP contribution is -2.42. The maximum atomic E-state index is 10.3. The molecule has 0 atom stereocenters. The fourth-order valence-electron chi connectivity index (χ4n) is 0.789. The first kappa shape index (κ1) is 19.8. The Labute approximate surface area is 111 Å². The molecular weight excluding hydrogens is 304 g/mol. The van der Waals surface area contributed by atoms with Crippen molar-refractivity contribution < 1.29 is 58.4 Å². The van der Waals surface area contributed by atoms with Crippen LogP contribution in [0.5, 0.6) is 0 Å². The minimum Gasteiger partial charge on any atom is -0.511 e. The van der Waals surface area contributed by atoms with Gasteiger partial charge in [0.05, 0.1) is 12.8 Å². The zero-order valence-corrected chi connectivity index (χ0v) is 10.5. The topological polar surface area (TPSA) is 216 Å². The largest absolute Gasteiger partial charge is 0.774 e. The predicted octanol–water partition coefficient (Wildman–Crippen LogP) is -2.16. The van der Waals surface area contributed by atoms with Crippen LogP contribution in [0.25, 0.3) is 0 Å². The highest BCUT2D eigenvalue weighted by Gasteiger charge is 2.40. The molecule has 0 saturated carbocycles. The van der Waals surface area contributed by atoms with Gasteiger partial charge in [-0.25, -0.2) is 9.59 Å². The Morgan fingerprint density at radius 2 is 1.30 bits per heavy atom. The molecule has 0 aliphatic carbocycles. The van der Waals surface area contributed by atoms with Crippen molar-refractivity contribution in [2.24, 2.45) is 0 Å². The van der Waals surface area contributed by atoms with Crippen molar-refractivity contribution in [3.8, 4) is 0 Å². The number of carboxylic acid groups (broad SMARTS) is 4. The van der Waals surface area contributed by atoms with Crippen molar-refractivity contribution >= 4 is 33.2 Å². The van der Waals surface area contributed by atoms with E-state index in [0.29, 0.717) is 0 Å². The van der Waals surface area contributed by atoms with E-state index in [4.69, 9.17) is 30.3 Å². The summed E-state index contributed by atoms with van der Waals surface area (Å²) in [6.45, 7) is 0. The van der Waals surface area contributed by atoms with Gasteiger partial charge in [-0.15, -0.1) is 0 Å². The Bertz CT molecular complexity index is 386. The summed E-state index contributed by atoms with van der Waals surface area (Å²) in [4.78, 5) is 47.4. The smallest absolute Gasteiger partial charge is 0.511 e. The molecular formula is C7H10O12Si. The third-order valence-electron chi connectivity index (χ3n) is 1.46. The van der Waals surface area contributed by atoms with Gasteiger partial charge in [0.25, 0.3) is 0 Å². The molecule has 13 heteroatoms. The first-order valence-corrected chi connectivity index (χ1v) is 5.70. The molecule has 0 saturated heterocycles. The molecule has 6 N–H and O–H groups in total. The maximum Gasteiger partial charge on any atom is 0.774 e. The van der Waals surface area contributed by atoms with E-state index in [1.165, 1.54) is 0 Å². The summed E-state index contributed by atoms with van der Waals surface area (Å²) in [6, 6.07) is 0. The fourth-order valence-corrected chi connectivity index (χ4v) is 0.938. The van der Waals surface area contributed by atoms with E-state index < -0.39 is 51.7 Å². The average Bonchev–Trinajstić information content (AvgIpc) is 2.12. The summed E-state index contributed by atoms with van der Waals surface area (Å²) in [7, 11) is -3.28. The molecule has 0 fully saturated rings. The molecule has 12 nitrogen and oxygen atoms in total. The van der Waals surface area contributed by atoms with E-state index in [0.717, 1.165) is 0 Å². The highest BCUT2D eigenvalue weighted by atomic mass is 28.3. The Balaban J connectivity index is 0. The summed E-state index contributed by atoms with van der Waals surface area (Å²) in [5.41, 5.74) is -2.74. The van der Waals surface area contributed by atoms with Crippen molar-refractivity contribution in [1.82, 2.24) is 0 Å². The Kier molecular flexibility index (Phi) is 8.45. The second-order valence-corrected chi connectivity index (χ2v) is 3.85. The number of aliphatic hydroxyl groups is 1. The van der Waals surface area contributed by atoms with Gasteiger partial charge in [-0.05, 0) is 0 Å². The number of carbonyl (C=O) groups is 4. The van der Waals surface area contributed by atoms with Crippen LogP contribution in [0, 0.1) is 0 Å². The number of carboxylic acids is 3. The van der Waals surface area contributed by atoms with E-state index in [9.17, 15) is 23.6 Å². The quantitative estimate of drug-likeness (QED) is 0.289. The van der Waals surface area contributed by atoms with Crippen molar-refractivity contribution in [3.05, 3.63) is 0 Å². The van der Waals surface area contributed by atoms with Gasteiger partial charge in [-0.1, -0.05) is 0 Å². The molecule has 0 aromatic carbocycles. The lowest BCUT2D eigenvalue weighted by Gasteiger charge is -2.18. The first-order valence-electron chi connectivity index (χ1n) is 4.43. The van der Waals surface area contributed by atoms with E-state index in [1.807, 2.05) is 0 Å². The standard InChI is InChI=1S/C6H8O7.CH2O5Si/c7-3(8)1-6(13,5(11)12)2-4(9)10;2-1(3)6-7(4)5/h13H,1-2H2,(H,7,8)(H,9,10)(H,11,12);4H,(H,2,3). The van der Waals surface area contributed by atoms with E-state index in [1.54, 1.807) is 0 Å². The van der Waals surface area contributed by atoms with Crippen LogP contribution in [-0.2, 0) is 23.3 Å². The fraction of sp³-hybridized carbons (Fsp3) is 0.429. The van der Waals surface area contributed by atoms with Gasteiger partial charge in [0.1, 0.15) is 0 Å². The third-order valence-corrected chi connectivity index (χ3v) is 1.81. The minimum atomic E-state index is -3.28. The Hall–Kier alpha value is -2.54. The normalized spacial score (nSPS) is 9.65. The van der Waals surface area contributed by atoms with E-state index in [2.05, 4.69) is 4.43 Å². The van der Waals surface area contributed by atoms with Crippen molar-refractivity contribution in [2.45, 2.75) is 18.4 Å². The zero-order valence-electron chi connectivity index (χ0n) is 9.55. The van der Waals surface area contributed by atoms with E-state index in [-0.39, 0.29) is 0 Å². The van der Waals surface area contributed by atoms with Gasteiger partial charge in [0, 0.05) is 0 Å². The lowest BCUT2D eigenvalue weighted by molar-refractivity contribution is -0.170. The molecule has 0 amide bonds.